The van der Waals surface area contributed by atoms with Crippen molar-refractivity contribution in [1.82, 2.24) is 0 Å². The summed E-state index contributed by atoms with van der Waals surface area (Å²) in [5.41, 5.74) is 0.000579. The molecule has 2 aliphatic rings. The predicted molar refractivity (Wildman–Crippen MR) is 64.1 cm³/mol. The van der Waals surface area contributed by atoms with Gasteiger partial charge in [0.05, 0.1) is 0 Å². The molecule has 0 amide bonds. The lowest BCUT2D eigenvalue weighted by Crippen LogP contribution is -2.31. The molecule has 0 bridgehead atoms. The van der Waals surface area contributed by atoms with Crippen LogP contribution in [0.3, 0.4) is 0 Å². The lowest BCUT2D eigenvalue weighted by molar-refractivity contribution is -0.0557. The fourth-order valence-electron chi connectivity index (χ4n) is 2.17. The Kier molecular flexibility index (Phi) is 2.05. The number of hydrogen-bond donors (Lipinski definition) is 1. The normalized spacial score (nSPS) is 20.4. The van der Waals surface area contributed by atoms with Crippen molar-refractivity contribution in [3.05, 3.63) is 11.6 Å². The van der Waals surface area contributed by atoms with Crippen LogP contribution in [0.5, 0.6) is 23.0 Å². The summed E-state index contributed by atoms with van der Waals surface area (Å²) in [4.78, 5) is 11.3. The number of carboxylic acids is 1. The van der Waals surface area contributed by atoms with Crippen LogP contribution in [-0.4, -0.2) is 22.7 Å². The van der Waals surface area contributed by atoms with Gasteiger partial charge in [0.2, 0.25) is 23.1 Å². The van der Waals surface area contributed by atoms with Crippen LogP contribution in [0.25, 0.3) is 0 Å². The maximum Gasteiger partial charge on any atom is 0.339 e. The molecular weight excluding hydrogens is 252 g/mol. The first-order valence-electron chi connectivity index (χ1n) is 5.89. The highest BCUT2D eigenvalue weighted by Crippen LogP contribution is 2.56. The van der Waals surface area contributed by atoms with Crippen molar-refractivity contribution < 1.29 is 28.8 Å². The van der Waals surface area contributed by atoms with E-state index < -0.39 is 17.5 Å². The molecule has 0 unspecified atom stereocenters. The monoisotopic (exact) mass is 266 g/mol. The second-order valence-electron chi connectivity index (χ2n) is 5.42. The molecule has 0 atom stereocenters. The Morgan fingerprint density at radius 3 is 2.11 bits per heavy atom. The average Bonchev–Trinajstić information content (AvgIpc) is 2.70. The molecule has 0 spiro atoms. The number of aromatic carboxylic acids is 1. The Labute approximate surface area is 109 Å². The van der Waals surface area contributed by atoms with Gasteiger partial charge in [0.15, 0.2) is 11.5 Å². The Morgan fingerprint density at radius 2 is 1.47 bits per heavy atom. The lowest BCUT2D eigenvalue weighted by atomic mass is 10.1. The predicted octanol–water partition coefficient (Wildman–Crippen LogP) is 2.40. The number of carboxylic acid groups (broad SMARTS) is 1. The van der Waals surface area contributed by atoms with Crippen LogP contribution in [0.2, 0.25) is 0 Å². The zero-order chi connectivity index (χ0) is 14.0. The summed E-state index contributed by atoms with van der Waals surface area (Å²) >= 11 is 0. The van der Waals surface area contributed by atoms with E-state index in [9.17, 15) is 9.90 Å². The summed E-state index contributed by atoms with van der Waals surface area (Å²) in [6.07, 6.45) is 0. The highest BCUT2D eigenvalue weighted by atomic mass is 16.8. The van der Waals surface area contributed by atoms with Crippen LogP contribution in [0.15, 0.2) is 6.07 Å². The Balaban J connectivity index is 2.21. The number of carbonyl (C=O) groups is 1. The van der Waals surface area contributed by atoms with Gasteiger partial charge in [0.25, 0.3) is 0 Å². The molecule has 6 heteroatoms. The Hall–Kier alpha value is -2.11. The van der Waals surface area contributed by atoms with Gasteiger partial charge in [-0.25, -0.2) is 4.79 Å². The van der Waals surface area contributed by atoms with Crippen molar-refractivity contribution in [1.29, 1.82) is 0 Å². The highest BCUT2D eigenvalue weighted by Gasteiger charge is 2.44. The lowest BCUT2D eigenvalue weighted by Gasteiger charge is -2.18. The van der Waals surface area contributed by atoms with Crippen LogP contribution in [0, 0.1) is 0 Å². The zero-order valence-corrected chi connectivity index (χ0v) is 11.1. The van der Waals surface area contributed by atoms with Crippen molar-refractivity contribution in [3.63, 3.8) is 0 Å². The number of hydrogen-bond acceptors (Lipinski definition) is 5. The average molecular weight is 266 g/mol. The van der Waals surface area contributed by atoms with Crippen LogP contribution in [0.4, 0.5) is 0 Å². The molecule has 6 nitrogen and oxygen atoms in total. The van der Waals surface area contributed by atoms with E-state index in [1.165, 1.54) is 6.07 Å². The van der Waals surface area contributed by atoms with Gasteiger partial charge in [0, 0.05) is 33.8 Å². The smallest absolute Gasteiger partial charge is 0.339 e. The van der Waals surface area contributed by atoms with E-state index in [1.807, 2.05) is 0 Å². The van der Waals surface area contributed by atoms with E-state index in [-0.39, 0.29) is 17.1 Å². The van der Waals surface area contributed by atoms with E-state index in [4.69, 9.17) is 18.9 Å². The molecule has 2 aliphatic heterocycles. The van der Waals surface area contributed by atoms with E-state index in [1.54, 1.807) is 27.7 Å². The van der Waals surface area contributed by atoms with Gasteiger partial charge in [-0.15, -0.1) is 0 Å². The quantitative estimate of drug-likeness (QED) is 0.841. The molecule has 0 aromatic heterocycles. The molecule has 3 rings (SSSR count). The molecule has 0 saturated heterocycles. The summed E-state index contributed by atoms with van der Waals surface area (Å²) in [5.74, 6) is -1.70. The summed E-state index contributed by atoms with van der Waals surface area (Å²) in [7, 11) is 0. The van der Waals surface area contributed by atoms with Crippen molar-refractivity contribution in [2.45, 2.75) is 39.3 Å². The van der Waals surface area contributed by atoms with Crippen LogP contribution >= 0.6 is 0 Å². The standard InChI is InChI=1S/C13H14O6/c1-12(2)16-7-5-6(11(14)15)8-10(9(7)18-12)19-13(3,4)17-8/h5H,1-4H3,(H,14,15). The van der Waals surface area contributed by atoms with Crippen LogP contribution in [-0.2, 0) is 0 Å². The molecular formula is C13H14O6. The topological polar surface area (TPSA) is 74.2 Å². The fourth-order valence-corrected chi connectivity index (χ4v) is 2.17. The van der Waals surface area contributed by atoms with Crippen molar-refractivity contribution in [2.75, 3.05) is 0 Å². The first kappa shape index (κ1) is 12.0. The maximum absolute atomic E-state index is 11.3. The van der Waals surface area contributed by atoms with E-state index in [2.05, 4.69) is 0 Å². The molecule has 102 valence electrons. The second-order valence-corrected chi connectivity index (χ2v) is 5.42. The maximum atomic E-state index is 11.3. The van der Waals surface area contributed by atoms with E-state index in [0.29, 0.717) is 11.5 Å². The van der Waals surface area contributed by atoms with Crippen molar-refractivity contribution in [3.8, 4) is 23.0 Å². The minimum atomic E-state index is -1.10. The Morgan fingerprint density at radius 1 is 0.947 bits per heavy atom. The third-order valence-electron chi connectivity index (χ3n) is 2.79. The molecule has 19 heavy (non-hydrogen) atoms. The zero-order valence-electron chi connectivity index (χ0n) is 11.1. The van der Waals surface area contributed by atoms with Gasteiger partial charge in [-0.05, 0) is 0 Å². The van der Waals surface area contributed by atoms with Gasteiger partial charge in [-0.2, -0.15) is 0 Å². The summed E-state index contributed by atoms with van der Waals surface area (Å²) in [6.45, 7) is 6.87. The molecule has 0 aliphatic carbocycles. The van der Waals surface area contributed by atoms with Crippen LogP contribution < -0.4 is 18.9 Å². The van der Waals surface area contributed by atoms with Crippen molar-refractivity contribution >= 4 is 5.97 Å². The second kappa shape index (κ2) is 3.26. The van der Waals surface area contributed by atoms with Gasteiger partial charge in [-0.3, -0.25) is 0 Å². The third-order valence-corrected chi connectivity index (χ3v) is 2.79. The van der Waals surface area contributed by atoms with Crippen LogP contribution in [0.1, 0.15) is 38.1 Å². The van der Waals surface area contributed by atoms with Gasteiger partial charge in [0.1, 0.15) is 5.56 Å². The van der Waals surface area contributed by atoms with Gasteiger partial charge < -0.3 is 24.1 Å². The molecule has 1 aromatic rings. The minimum Gasteiger partial charge on any atom is -0.478 e. The molecule has 0 fully saturated rings. The summed E-state index contributed by atoms with van der Waals surface area (Å²) in [5, 5.41) is 9.25. The first-order chi connectivity index (χ1) is 8.69. The van der Waals surface area contributed by atoms with Gasteiger partial charge >= 0.3 is 5.97 Å². The Bertz CT molecular complexity index is 587. The molecule has 1 N–H and O–H groups in total. The summed E-state index contributed by atoms with van der Waals surface area (Å²) in [6, 6.07) is 1.40. The third kappa shape index (κ3) is 1.75. The van der Waals surface area contributed by atoms with Crippen molar-refractivity contribution in [2.24, 2.45) is 0 Å². The molecule has 0 radical (unpaired) electrons. The van der Waals surface area contributed by atoms with E-state index in [0.717, 1.165) is 0 Å². The fraction of sp³-hybridized carbons (Fsp3) is 0.462. The minimum absolute atomic E-state index is 0.000579. The largest absolute Gasteiger partial charge is 0.478 e. The first-order valence-corrected chi connectivity index (χ1v) is 5.89. The number of rotatable bonds is 1. The van der Waals surface area contributed by atoms with Gasteiger partial charge in [-0.1, -0.05) is 0 Å². The number of ether oxygens (including phenoxy) is 4. The number of benzene rings is 1. The SMILES string of the molecule is CC1(C)Oc2cc(C(=O)O)c3c(c2O1)OC(C)(C)O3. The number of fused-ring (bicyclic) bond motifs is 3. The molecule has 2 heterocycles. The van der Waals surface area contributed by atoms with E-state index >= 15 is 0 Å². The molecule has 1 aromatic carbocycles. The molecule has 0 saturated carbocycles. The summed E-state index contributed by atoms with van der Waals surface area (Å²) < 4.78 is 22.4. The highest BCUT2D eigenvalue weighted by molar-refractivity contribution is 5.94.